The van der Waals surface area contributed by atoms with E-state index in [1.807, 2.05) is 19.1 Å². The summed E-state index contributed by atoms with van der Waals surface area (Å²) in [6, 6.07) is 6.04. The van der Waals surface area contributed by atoms with Crippen LogP contribution >= 0.6 is 0 Å². The van der Waals surface area contributed by atoms with E-state index in [9.17, 15) is 0 Å². The topological polar surface area (TPSA) is 54.9 Å². The predicted molar refractivity (Wildman–Crippen MR) is 71.3 cm³/mol. The van der Waals surface area contributed by atoms with Crippen molar-refractivity contribution >= 4 is 5.96 Å². The number of nitrogens with zero attached hydrogens (tertiary/aromatic N) is 1. The van der Waals surface area contributed by atoms with Gasteiger partial charge < -0.3 is 20.1 Å². The molecule has 0 radical (unpaired) electrons. The summed E-state index contributed by atoms with van der Waals surface area (Å²) in [5, 5.41) is 6.41. The predicted octanol–water partition coefficient (Wildman–Crippen LogP) is 1.14. The van der Waals surface area contributed by atoms with Gasteiger partial charge in [0.1, 0.15) is 0 Å². The average molecular weight is 249 g/mol. The highest BCUT2D eigenvalue weighted by Gasteiger charge is 2.12. The van der Waals surface area contributed by atoms with E-state index in [0.29, 0.717) is 6.79 Å². The molecule has 0 saturated carbocycles. The Balaban J connectivity index is 1.83. The molecule has 0 spiro atoms. The third kappa shape index (κ3) is 3.06. The van der Waals surface area contributed by atoms with E-state index in [1.54, 1.807) is 7.05 Å². The van der Waals surface area contributed by atoms with E-state index in [-0.39, 0.29) is 0 Å². The number of benzene rings is 1. The molecule has 0 aromatic heterocycles. The average Bonchev–Trinajstić information content (AvgIpc) is 2.85. The standard InChI is InChI=1S/C13H19N3O2/c1-3-15-13(14-2)16-7-6-10-4-5-11-12(8-10)18-9-17-11/h4-5,8H,3,6-7,9H2,1-2H3,(H2,14,15,16). The van der Waals surface area contributed by atoms with Crippen molar-refractivity contribution in [2.24, 2.45) is 4.99 Å². The molecule has 1 heterocycles. The lowest BCUT2D eigenvalue weighted by atomic mass is 10.1. The maximum Gasteiger partial charge on any atom is 0.231 e. The first-order valence-corrected chi connectivity index (χ1v) is 6.16. The summed E-state index contributed by atoms with van der Waals surface area (Å²) >= 11 is 0. The van der Waals surface area contributed by atoms with E-state index in [0.717, 1.165) is 37.0 Å². The molecule has 18 heavy (non-hydrogen) atoms. The van der Waals surface area contributed by atoms with E-state index in [2.05, 4.69) is 21.7 Å². The number of nitrogens with one attached hydrogen (secondary N) is 2. The van der Waals surface area contributed by atoms with Crippen LogP contribution in [0.5, 0.6) is 11.5 Å². The van der Waals surface area contributed by atoms with Crippen LogP contribution in [0.3, 0.4) is 0 Å². The molecular formula is C13H19N3O2. The molecule has 98 valence electrons. The molecule has 0 amide bonds. The molecule has 0 atom stereocenters. The minimum Gasteiger partial charge on any atom is -0.454 e. The number of rotatable bonds is 4. The minimum atomic E-state index is 0.324. The van der Waals surface area contributed by atoms with Crippen LogP contribution in [0.2, 0.25) is 0 Å². The molecule has 0 aliphatic carbocycles. The van der Waals surface area contributed by atoms with Gasteiger partial charge >= 0.3 is 0 Å². The van der Waals surface area contributed by atoms with Crippen molar-refractivity contribution in [1.29, 1.82) is 0 Å². The van der Waals surface area contributed by atoms with Crippen LogP contribution in [-0.2, 0) is 6.42 Å². The second kappa shape index (κ2) is 6.14. The number of guanidine groups is 1. The van der Waals surface area contributed by atoms with Crippen LogP contribution in [0.25, 0.3) is 0 Å². The molecule has 1 aromatic rings. The van der Waals surface area contributed by atoms with Gasteiger partial charge in [-0.15, -0.1) is 0 Å². The molecule has 0 unspecified atom stereocenters. The highest BCUT2D eigenvalue weighted by molar-refractivity contribution is 5.79. The van der Waals surface area contributed by atoms with Gasteiger partial charge in [-0.1, -0.05) is 6.07 Å². The van der Waals surface area contributed by atoms with E-state index in [4.69, 9.17) is 9.47 Å². The summed E-state index contributed by atoms with van der Waals surface area (Å²) in [6.07, 6.45) is 0.918. The maximum atomic E-state index is 5.35. The Labute approximate surface area is 107 Å². The van der Waals surface area contributed by atoms with Crippen LogP contribution in [-0.4, -0.2) is 32.9 Å². The highest BCUT2D eigenvalue weighted by Crippen LogP contribution is 2.32. The van der Waals surface area contributed by atoms with Crippen molar-refractivity contribution in [3.05, 3.63) is 23.8 Å². The van der Waals surface area contributed by atoms with E-state index in [1.165, 1.54) is 5.56 Å². The first-order chi connectivity index (χ1) is 8.83. The lowest BCUT2D eigenvalue weighted by molar-refractivity contribution is 0.174. The summed E-state index contributed by atoms with van der Waals surface area (Å²) < 4.78 is 10.6. The monoisotopic (exact) mass is 249 g/mol. The number of hydrogen-bond donors (Lipinski definition) is 2. The van der Waals surface area contributed by atoms with Crippen LogP contribution < -0.4 is 20.1 Å². The van der Waals surface area contributed by atoms with Crippen molar-refractivity contribution in [3.63, 3.8) is 0 Å². The quantitative estimate of drug-likeness (QED) is 0.620. The van der Waals surface area contributed by atoms with Gasteiger partial charge in [0, 0.05) is 20.1 Å². The molecule has 0 saturated heterocycles. The Morgan fingerprint density at radius 2 is 2.11 bits per heavy atom. The summed E-state index contributed by atoms with van der Waals surface area (Å²) in [7, 11) is 1.77. The summed E-state index contributed by atoms with van der Waals surface area (Å²) in [4.78, 5) is 4.12. The van der Waals surface area contributed by atoms with Crippen LogP contribution in [0.1, 0.15) is 12.5 Å². The lowest BCUT2D eigenvalue weighted by Crippen LogP contribution is -2.38. The zero-order chi connectivity index (χ0) is 12.8. The zero-order valence-electron chi connectivity index (χ0n) is 10.8. The Bertz CT molecular complexity index is 432. The van der Waals surface area contributed by atoms with Gasteiger partial charge in [0.2, 0.25) is 6.79 Å². The second-order valence-corrected chi connectivity index (χ2v) is 3.97. The van der Waals surface area contributed by atoms with Crippen molar-refractivity contribution in [2.75, 3.05) is 26.9 Å². The smallest absolute Gasteiger partial charge is 0.231 e. The number of fused-ring (bicyclic) bond motifs is 1. The Hall–Kier alpha value is -1.91. The molecule has 0 bridgehead atoms. The molecule has 0 fully saturated rings. The van der Waals surface area contributed by atoms with E-state index < -0.39 is 0 Å². The molecule has 1 aliphatic rings. The van der Waals surface area contributed by atoms with Crippen molar-refractivity contribution in [2.45, 2.75) is 13.3 Å². The molecule has 1 aliphatic heterocycles. The SMILES string of the molecule is CCNC(=NC)NCCc1ccc2c(c1)OCO2. The first kappa shape index (κ1) is 12.5. The molecule has 5 heteroatoms. The molecule has 5 nitrogen and oxygen atoms in total. The number of hydrogen-bond acceptors (Lipinski definition) is 3. The van der Waals surface area contributed by atoms with Gasteiger partial charge in [0.05, 0.1) is 0 Å². The Morgan fingerprint density at radius 3 is 2.89 bits per heavy atom. The summed E-state index contributed by atoms with van der Waals surface area (Å²) in [5.74, 6) is 2.50. The molecule has 2 rings (SSSR count). The largest absolute Gasteiger partial charge is 0.454 e. The highest BCUT2D eigenvalue weighted by atomic mass is 16.7. The third-order valence-electron chi connectivity index (χ3n) is 2.71. The number of aliphatic imine (C=N–C) groups is 1. The fourth-order valence-electron chi connectivity index (χ4n) is 1.81. The van der Waals surface area contributed by atoms with Gasteiger partial charge in [0.15, 0.2) is 17.5 Å². The minimum absolute atomic E-state index is 0.324. The number of ether oxygens (including phenoxy) is 2. The fourth-order valence-corrected chi connectivity index (χ4v) is 1.81. The molecule has 1 aromatic carbocycles. The van der Waals surface area contributed by atoms with Gasteiger partial charge in [-0.3, -0.25) is 4.99 Å². The Kier molecular flexibility index (Phi) is 4.28. The third-order valence-corrected chi connectivity index (χ3v) is 2.71. The second-order valence-electron chi connectivity index (χ2n) is 3.97. The van der Waals surface area contributed by atoms with Crippen molar-refractivity contribution in [1.82, 2.24) is 10.6 Å². The van der Waals surface area contributed by atoms with Gasteiger partial charge in [-0.05, 0) is 31.0 Å². The normalized spacial score (nSPS) is 13.6. The van der Waals surface area contributed by atoms with Crippen LogP contribution in [0, 0.1) is 0 Å². The van der Waals surface area contributed by atoms with Crippen LogP contribution in [0.15, 0.2) is 23.2 Å². The first-order valence-electron chi connectivity index (χ1n) is 6.16. The van der Waals surface area contributed by atoms with Gasteiger partial charge in [-0.25, -0.2) is 0 Å². The zero-order valence-corrected chi connectivity index (χ0v) is 10.8. The summed E-state index contributed by atoms with van der Waals surface area (Å²) in [5.41, 5.74) is 1.22. The molecule has 2 N–H and O–H groups in total. The van der Waals surface area contributed by atoms with E-state index >= 15 is 0 Å². The van der Waals surface area contributed by atoms with Crippen LogP contribution in [0.4, 0.5) is 0 Å². The lowest BCUT2D eigenvalue weighted by Gasteiger charge is -2.10. The summed E-state index contributed by atoms with van der Waals surface area (Å²) in [6.45, 7) is 4.07. The maximum absolute atomic E-state index is 5.35. The Morgan fingerprint density at radius 1 is 1.28 bits per heavy atom. The van der Waals surface area contributed by atoms with Gasteiger partial charge in [0.25, 0.3) is 0 Å². The van der Waals surface area contributed by atoms with Crippen molar-refractivity contribution in [3.8, 4) is 11.5 Å². The fraction of sp³-hybridized carbons (Fsp3) is 0.462. The van der Waals surface area contributed by atoms with Gasteiger partial charge in [-0.2, -0.15) is 0 Å². The molecular weight excluding hydrogens is 230 g/mol. The van der Waals surface area contributed by atoms with Crippen molar-refractivity contribution < 1.29 is 9.47 Å².